The first-order chi connectivity index (χ1) is 6.74. The number of pyridine rings is 1. The molecule has 1 unspecified atom stereocenters. The monoisotopic (exact) mass is 195 g/mol. The van der Waals surface area contributed by atoms with Gasteiger partial charge < -0.3 is 9.47 Å². The second kappa shape index (κ2) is 5.34. The average Bonchev–Trinajstić information content (AvgIpc) is 2.26. The van der Waals surface area contributed by atoms with E-state index >= 15 is 0 Å². The van der Waals surface area contributed by atoms with Crippen LogP contribution >= 0.6 is 0 Å². The van der Waals surface area contributed by atoms with Gasteiger partial charge >= 0.3 is 5.97 Å². The third-order valence-electron chi connectivity index (χ3n) is 1.74. The second-order valence-electron chi connectivity index (χ2n) is 2.80. The number of hydrogen-bond donors (Lipinski definition) is 0. The van der Waals surface area contributed by atoms with Crippen LogP contribution in [0.3, 0.4) is 0 Å². The smallest absolute Gasteiger partial charge is 0.334 e. The molecule has 0 amide bonds. The van der Waals surface area contributed by atoms with Crippen molar-refractivity contribution in [2.24, 2.45) is 0 Å². The second-order valence-corrected chi connectivity index (χ2v) is 2.80. The fourth-order valence-electron chi connectivity index (χ4n) is 0.928. The highest BCUT2D eigenvalue weighted by atomic mass is 16.6. The van der Waals surface area contributed by atoms with Crippen molar-refractivity contribution in [1.82, 2.24) is 4.98 Å². The summed E-state index contributed by atoms with van der Waals surface area (Å²) in [7, 11) is 1.34. The number of methoxy groups -OCH3 is 1. The highest BCUT2D eigenvalue weighted by Gasteiger charge is 2.13. The van der Waals surface area contributed by atoms with Crippen LogP contribution in [0.15, 0.2) is 24.4 Å². The van der Waals surface area contributed by atoms with E-state index in [0.717, 1.165) is 5.69 Å². The zero-order valence-electron chi connectivity index (χ0n) is 8.27. The van der Waals surface area contributed by atoms with Crippen LogP contribution in [0, 0.1) is 0 Å². The van der Waals surface area contributed by atoms with E-state index in [1.807, 2.05) is 18.2 Å². The fraction of sp³-hybridized carbons (Fsp3) is 0.400. The lowest BCUT2D eigenvalue weighted by Gasteiger charge is -2.09. The van der Waals surface area contributed by atoms with Crippen LogP contribution in [0.5, 0.6) is 0 Å². The molecule has 1 rings (SSSR count). The van der Waals surface area contributed by atoms with Gasteiger partial charge in [0.2, 0.25) is 0 Å². The van der Waals surface area contributed by atoms with Gasteiger partial charge in [-0.05, 0) is 19.1 Å². The van der Waals surface area contributed by atoms with Gasteiger partial charge in [-0.3, -0.25) is 4.98 Å². The minimum Gasteiger partial charge on any atom is -0.467 e. The number of nitrogens with zero attached hydrogens (tertiary/aromatic N) is 1. The number of carbonyl (C=O) groups excluding carboxylic acids is 1. The molecule has 14 heavy (non-hydrogen) atoms. The van der Waals surface area contributed by atoms with Gasteiger partial charge in [-0.25, -0.2) is 4.79 Å². The SMILES string of the molecule is COC(=O)C(C)OCc1ccccn1. The number of carbonyl (C=O) groups is 1. The zero-order chi connectivity index (χ0) is 10.4. The van der Waals surface area contributed by atoms with E-state index in [-0.39, 0.29) is 5.97 Å². The molecule has 0 bridgehead atoms. The standard InChI is InChI=1S/C10H13NO3/c1-8(10(12)13-2)14-7-9-5-3-4-6-11-9/h3-6,8H,7H2,1-2H3. The van der Waals surface area contributed by atoms with Crippen molar-refractivity contribution >= 4 is 5.97 Å². The van der Waals surface area contributed by atoms with E-state index in [2.05, 4.69) is 9.72 Å². The number of rotatable bonds is 4. The van der Waals surface area contributed by atoms with Crippen LogP contribution < -0.4 is 0 Å². The molecule has 0 radical (unpaired) electrons. The minimum absolute atomic E-state index is 0.317. The Balaban J connectivity index is 2.38. The molecule has 0 N–H and O–H groups in total. The number of aromatic nitrogens is 1. The molecular formula is C10H13NO3. The summed E-state index contributed by atoms with van der Waals surface area (Å²) in [5.74, 6) is -0.374. The third-order valence-corrected chi connectivity index (χ3v) is 1.74. The van der Waals surface area contributed by atoms with Crippen molar-refractivity contribution in [2.45, 2.75) is 19.6 Å². The Kier molecular flexibility index (Phi) is 4.07. The molecule has 0 fully saturated rings. The van der Waals surface area contributed by atoms with Crippen molar-refractivity contribution < 1.29 is 14.3 Å². The molecule has 0 saturated carbocycles. The molecule has 76 valence electrons. The van der Waals surface area contributed by atoms with Gasteiger partial charge in [-0.2, -0.15) is 0 Å². The first kappa shape index (κ1) is 10.7. The summed E-state index contributed by atoms with van der Waals surface area (Å²) in [4.78, 5) is 15.0. The molecular weight excluding hydrogens is 182 g/mol. The summed E-state index contributed by atoms with van der Waals surface area (Å²) in [6.45, 7) is 1.96. The van der Waals surface area contributed by atoms with Gasteiger partial charge in [-0.1, -0.05) is 6.07 Å². The predicted octanol–water partition coefficient (Wildman–Crippen LogP) is 1.16. The quantitative estimate of drug-likeness (QED) is 0.676. The van der Waals surface area contributed by atoms with Gasteiger partial charge in [0.05, 0.1) is 19.4 Å². The number of esters is 1. The van der Waals surface area contributed by atoms with E-state index < -0.39 is 6.10 Å². The van der Waals surface area contributed by atoms with Crippen LogP contribution in [0.25, 0.3) is 0 Å². The predicted molar refractivity (Wildman–Crippen MR) is 50.5 cm³/mol. The molecule has 1 aromatic rings. The summed E-state index contributed by atoms with van der Waals surface area (Å²) >= 11 is 0. The van der Waals surface area contributed by atoms with Gasteiger partial charge in [0.1, 0.15) is 0 Å². The Labute approximate surface area is 82.9 Å². The van der Waals surface area contributed by atoms with E-state index in [1.54, 1.807) is 13.1 Å². The number of ether oxygens (including phenoxy) is 2. The van der Waals surface area contributed by atoms with Crippen LogP contribution in [0.1, 0.15) is 12.6 Å². The molecule has 4 nitrogen and oxygen atoms in total. The fourth-order valence-corrected chi connectivity index (χ4v) is 0.928. The van der Waals surface area contributed by atoms with Gasteiger partial charge in [0.15, 0.2) is 6.10 Å². The Morgan fingerprint density at radius 1 is 1.57 bits per heavy atom. The molecule has 0 spiro atoms. The Bertz CT molecular complexity index is 287. The van der Waals surface area contributed by atoms with E-state index in [9.17, 15) is 4.79 Å². The van der Waals surface area contributed by atoms with Crippen molar-refractivity contribution in [3.63, 3.8) is 0 Å². The topological polar surface area (TPSA) is 48.4 Å². The summed E-state index contributed by atoms with van der Waals surface area (Å²) in [5, 5.41) is 0. The zero-order valence-corrected chi connectivity index (χ0v) is 8.27. The first-order valence-electron chi connectivity index (χ1n) is 4.33. The van der Waals surface area contributed by atoms with Crippen LogP contribution in [0.2, 0.25) is 0 Å². The van der Waals surface area contributed by atoms with E-state index in [1.165, 1.54) is 7.11 Å². The minimum atomic E-state index is -0.554. The average molecular weight is 195 g/mol. The van der Waals surface area contributed by atoms with Crippen molar-refractivity contribution in [3.8, 4) is 0 Å². The largest absolute Gasteiger partial charge is 0.467 e. The third kappa shape index (κ3) is 3.14. The van der Waals surface area contributed by atoms with Gasteiger partial charge in [0, 0.05) is 6.20 Å². The maximum absolute atomic E-state index is 11.0. The molecule has 0 aliphatic rings. The summed E-state index contributed by atoms with van der Waals surface area (Å²) in [6, 6.07) is 5.53. The highest BCUT2D eigenvalue weighted by molar-refractivity contribution is 5.73. The van der Waals surface area contributed by atoms with Gasteiger partial charge in [-0.15, -0.1) is 0 Å². The molecule has 4 heteroatoms. The Morgan fingerprint density at radius 2 is 2.36 bits per heavy atom. The normalized spacial score (nSPS) is 12.1. The lowest BCUT2D eigenvalue weighted by Crippen LogP contribution is -2.21. The van der Waals surface area contributed by atoms with Crippen molar-refractivity contribution in [3.05, 3.63) is 30.1 Å². The van der Waals surface area contributed by atoms with Crippen LogP contribution in [0.4, 0.5) is 0 Å². The lowest BCUT2D eigenvalue weighted by molar-refractivity contribution is -0.153. The van der Waals surface area contributed by atoms with Crippen molar-refractivity contribution in [1.29, 1.82) is 0 Å². The molecule has 1 heterocycles. The maximum atomic E-state index is 11.0. The maximum Gasteiger partial charge on any atom is 0.334 e. The summed E-state index contributed by atoms with van der Waals surface area (Å²) < 4.78 is 9.76. The molecule has 0 aliphatic carbocycles. The van der Waals surface area contributed by atoms with Crippen LogP contribution in [-0.2, 0) is 20.9 Å². The summed E-state index contributed by atoms with van der Waals surface area (Å²) in [6.07, 6.45) is 1.13. The molecule has 0 aliphatic heterocycles. The van der Waals surface area contributed by atoms with E-state index in [0.29, 0.717) is 6.61 Å². The highest BCUT2D eigenvalue weighted by Crippen LogP contribution is 2.00. The Hall–Kier alpha value is -1.42. The first-order valence-corrected chi connectivity index (χ1v) is 4.33. The van der Waals surface area contributed by atoms with Crippen LogP contribution in [-0.4, -0.2) is 24.2 Å². The Morgan fingerprint density at radius 3 is 2.93 bits per heavy atom. The molecule has 0 aromatic carbocycles. The number of hydrogen-bond acceptors (Lipinski definition) is 4. The lowest BCUT2D eigenvalue weighted by atomic mass is 10.3. The molecule has 1 aromatic heterocycles. The van der Waals surface area contributed by atoms with E-state index in [4.69, 9.17) is 4.74 Å². The van der Waals surface area contributed by atoms with Gasteiger partial charge in [0.25, 0.3) is 0 Å². The molecule has 1 atom stereocenters. The van der Waals surface area contributed by atoms with Crippen molar-refractivity contribution in [2.75, 3.05) is 7.11 Å². The summed E-state index contributed by atoms with van der Waals surface area (Å²) in [5.41, 5.74) is 0.795. The molecule has 0 saturated heterocycles.